The Kier molecular flexibility index (Phi) is 5.58. The van der Waals surface area contributed by atoms with E-state index in [-0.39, 0.29) is 5.91 Å². The molecule has 0 aliphatic carbocycles. The fraction of sp³-hybridized carbons (Fsp3) is 0.188. The standard InChI is InChI=1S/C16H14Cl2N4OS2/c1-8-12(15(19-2)25-22-8)14(23)21-16-20-7-10(24-16)6-9-4-3-5-11(17)13(9)18/h3-5,7,19H,6H2,1-2H3,(H,20,21,23). The van der Waals surface area contributed by atoms with Gasteiger partial charge in [0, 0.05) is 24.5 Å². The summed E-state index contributed by atoms with van der Waals surface area (Å²) >= 11 is 14.9. The molecule has 0 atom stereocenters. The Morgan fingerprint density at radius 3 is 2.88 bits per heavy atom. The fourth-order valence-corrected chi connectivity index (χ4v) is 4.25. The average molecular weight is 413 g/mol. The van der Waals surface area contributed by atoms with Gasteiger partial charge in [-0.05, 0) is 30.1 Å². The number of hydrogen-bond acceptors (Lipinski definition) is 6. The molecule has 3 rings (SSSR count). The molecule has 9 heteroatoms. The molecule has 0 fully saturated rings. The number of thiazole rings is 1. The Morgan fingerprint density at radius 1 is 1.32 bits per heavy atom. The zero-order valence-electron chi connectivity index (χ0n) is 13.4. The third kappa shape index (κ3) is 3.95. The van der Waals surface area contributed by atoms with Crippen molar-refractivity contribution in [2.45, 2.75) is 13.3 Å². The summed E-state index contributed by atoms with van der Waals surface area (Å²) in [5, 5.41) is 8.15. The van der Waals surface area contributed by atoms with Crippen LogP contribution in [0.1, 0.15) is 26.5 Å². The molecule has 0 spiro atoms. The van der Waals surface area contributed by atoms with Gasteiger partial charge in [0.15, 0.2) is 5.13 Å². The van der Waals surface area contributed by atoms with E-state index in [0.717, 1.165) is 15.4 Å². The van der Waals surface area contributed by atoms with E-state index >= 15 is 0 Å². The van der Waals surface area contributed by atoms with Crippen molar-refractivity contribution in [3.8, 4) is 0 Å². The number of amides is 1. The molecule has 5 nitrogen and oxygen atoms in total. The van der Waals surface area contributed by atoms with E-state index in [0.29, 0.717) is 32.9 Å². The zero-order valence-corrected chi connectivity index (χ0v) is 16.5. The van der Waals surface area contributed by atoms with Crippen LogP contribution in [0.3, 0.4) is 0 Å². The van der Waals surface area contributed by atoms with Gasteiger partial charge in [-0.15, -0.1) is 11.3 Å². The maximum Gasteiger partial charge on any atom is 0.262 e. The lowest BCUT2D eigenvalue weighted by Crippen LogP contribution is -2.13. The summed E-state index contributed by atoms with van der Waals surface area (Å²) in [4.78, 5) is 17.7. The fourth-order valence-electron chi connectivity index (χ4n) is 2.29. The first kappa shape index (κ1) is 18.1. The molecule has 2 aromatic heterocycles. The van der Waals surface area contributed by atoms with Gasteiger partial charge in [0.25, 0.3) is 5.91 Å². The number of carbonyl (C=O) groups is 1. The molecule has 0 aliphatic rings. The van der Waals surface area contributed by atoms with Crippen LogP contribution in [0.4, 0.5) is 10.1 Å². The Labute approximate surface area is 163 Å². The number of nitrogens with zero attached hydrogens (tertiary/aromatic N) is 2. The number of hydrogen-bond donors (Lipinski definition) is 2. The summed E-state index contributed by atoms with van der Waals surface area (Å²) in [6, 6.07) is 5.53. The monoisotopic (exact) mass is 412 g/mol. The summed E-state index contributed by atoms with van der Waals surface area (Å²) in [6.07, 6.45) is 2.34. The molecule has 1 amide bonds. The largest absolute Gasteiger partial charge is 0.378 e. The van der Waals surface area contributed by atoms with Crippen LogP contribution >= 0.6 is 46.1 Å². The average Bonchev–Trinajstić information content (AvgIpc) is 3.18. The van der Waals surface area contributed by atoms with Crippen LogP contribution in [-0.4, -0.2) is 22.3 Å². The van der Waals surface area contributed by atoms with Crippen LogP contribution in [0.25, 0.3) is 0 Å². The topological polar surface area (TPSA) is 66.9 Å². The summed E-state index contributed by atoms with van der Waals surface area (Å²) in [6.45, 7) is 1.81. The summed E-state index contributed by atoms with van der Waals surface area (Å²) < 4.78 is 4.20. The van der Waals surface area contributed by atoms with Crippen molar-refractivity contribution >= 4 is 62.1 Å². The number of halogens is 2. The zero-order chi connectivity index (χ0) is 18.0. The second kappa shape index (κ2) is 7.70. The number of anilines is 2. The Bertz CT molecular complexity index is 923. The van der Waals surface area contributed by atoms with Gasteiger partial charge in [-0.25, -0.2) is 4.98 Å². The van der Waals surface area contributed by atoms with E-state index < -0.39 is 0 Å². The van der Waals surface area contributed by atoms with Gasteiger partial charge in [0.1, 0.15) is 5.00 Å². The lowest BCUT2D eigenvalue weighted by molar-refractivity contribution is 0.102. The smallest absolute Gasteiger partial charge is 0.262 e. The van der Waals surface area contributed by atoms with Crippen LogP contribution in [0, 0.1) is 6.92 Å². The minimum atomic E-state index is -0.225. The molecule has 0 aliphatic heterocycles. The van der Waals surface area contributed by atoms with E-state index in [1.54, 1.807) is 26.2 Å². The highest BCUT2D eigenvalue weighted by Gasteiger charge is 2.19. The van der Waals surface area contributed by atoms with Gasteiger partial charge in [0.05, 0.1) is 21.3 Å². The van der Waals surface area contributed by atoms with Crippen molar-refractivity contribution in [1.29, 1.82) is 0 Å². The highest BCUT2D eigenvalue weighted by molar-refractivity contribution is 7.15. The Hall–Kier alpha value is -1.67. The minimum absolute atomic E-state index is 0.225. The SMILES string of the molecule is CNc1snc(C)c1C(=O)Nc1ncc(Cc2cccc(Cl)c2Cl)s1. The summed E-state index contributed by atoms with van der Waals surface area (Å²) in [7, 11) is 1.76. The van der Waals surface area contributed by atoms with Crippen LogP contribution in [0.2, 0.25) is 10.0 Å². The molecule has 130 valence electrons. The lowest BCUT2D eigenvalue weighted by atomic mass is 10.1. The number of aromatic nitrogens is 2. The molecular formula is C16H14Cl2N4OS2. The van der Waals surface area contributed by atoms with E-state index in [2.05, 4.69) is 20.0 Å². The van der Waals surface area contributed by atoms with Crippen LogP contribution in [0.5, 0.6) is 0 Å². The van der Waals surface area contributed by atoms with Gasteiger partial charge in [-0.3, -0.25) is 10.1 Å². The van der Waals surface area contributed by atoms with Gasteiger partial charge in [-0.2, -0.15) is 4.37 Å². The molecule has 0 bridgehead atoms. The minimum Gasteiger partial charge on any atom is -0.378 e. The molecule has 0 radical (unpaired) electrons. The van der Waals surface area contributed by atoms with E-state index in [1.165, 1.54) is 22.9 Å². The normalized spacial score (nSPS) is 10.7. The third-order valence-corrected chi connectivity index (χ3v) is 6.21. The van der Waals surface area contributed by atoms with Crippen molar-refractivity contribution in [2.75, 3.05) is 17.7 Å². The molecule has 0 saturated heterocycles. The first-order chi connectivity index (χ1) is 12.0. The predicted octanol–water partition coefficient (Wildman–Crippen LogP) is 5.10. The van der Waals surface area contributed by atoms with Gasteiger partial charge < -0.3 is 5.32 Å². The quantitative estimate of drug-likeness (QED) is 0.611. The van der Waals surface area contributed by atoms with E-state index in [9.17, 15) is 4.79 Å². The maximum absolute atomic E-state index is 12.5. The van der Waals surface area contributed by atoms with Crippen molar-refractivity contribution in [1.82, 2.24) is 9.36 Å². The number of benzene rings is 1. The van der Waals surface area contributed by atoms with Crippen LogP contribution < -0.4 is 10.6 Å². The maximum atomic E-state index is 12.5. The van der Waals surface area contributed by atoms with Crippen molar-refractivity contribution in [3.63, 3.8) is 0 Å². The molecule has 3 aromatic rings. The lowest BCUT2D eigenvalue weighted by Gasteiger charge is -2.04. The Balaban J connectivity index is 1.74. The summed E-state index contributed by atoms with van der Waals surface area (Å²) in [5.74, 6) is -0.225. The molecule has 1 aromatic carbocycles. The van der Waals surface area contributed by atoms with Crippen molar-refractivity contribution in [2.24, 2.45) is 0 Å². The van der Waals surface area contributed by atoms with Crippen molar-refractivity contribution in [3.05, 3.63) is 56.1 Å². The molecule has 2 heterocycles. The van der Waals surface area contributed by atoms with E-state index in [1.807, 2.05) is 12.1 Å². The second-order valence-corrected chi connectivity index (χ2v) is 7.87. The Morgan fingerprint density at radius 2 is 2.12 bits per heavy atom. The highest BCUT2D eigenvalue weighted by atomic mass is 35.5. The molecule has 2 N–H and O–H groups in total. The molecular weight excluding hydrogens is 399 g/mol. The number of rotatable bonds is 5. The summed E-state index contributed by atoms with van der Waals surface area (Å²) in [5.41, 5.74) is 2.16. The molecule has 25 heavy (non-hydrogen) atoms. The van der Waals surface area contributed by atoms with E-state index in [4.69, 9.17) is 23.2 Å². The third-order valence-electron chi connectivity index (χ3n) is 3.49. The predicted molar refractivity (Wildman–Crippen MR) is 106 cm³/mol. The second-order valence-electron chi connectivity index (χ2n) is 5.20. The highest BCUT2D eigenvalue weighted by Crippen LogP contribution is 2.30. The molecule has 0 unspecified atom stereocenters. The van der Waals surface area contributed by atoms with Crippen LogP contribution in [0.15, 0.2) is 24.4 Å². The van der Waals surface area contributed by atoms with Gasteiger partial charge in [0.2, 0.25) is 0 Å². The van der Waals surface area contributed by atoms with Gasteiger partial charge in [-0.1, -0.05) is 35.3 Å². The van der Waals surface area contributed by atoms with Gasteiger partial charge >= 0.3 is 0 Å². The van der Waals surface area contributed by atoms with Crippen LogP contribution in [-0.2, 0) is 6.42 Å². The number of nitrogens with one attached hydrogen (secondary N) is 2. The number of aryl methyl sites for hydroxylation is 1. The van der Waals surface area contributed by atoms with Crippen molar-refractivity contribution < 1.29 is 4.79 Å². The molecule has 0 saturated carbocycles. The first-order valence-corrected chi connectivity index (χ1v) is 9.67. The number of carbonyl (C=O) groups excluding carboxylic acids is 1. The first-order valence-electron chi connectivity index (χ1n) is 7.32.